The van der Waals surface area contributed by atoms with Gasteiger partial charge in [-0.3, -0.25) is 0 Å². The molecular formula is C14H12N2O. The van der Waals surface area contributed by atoms with Gasteiger partial charge in [0.15, 0.2) is 0 Å². The number of imidazole rings is 1. The lowest BCUT2D eigenvalue weighted by atomic mass is 10.2. The number of ether oxygens (including phenoxy) is 1. The van der Waals surface area contributed by atoms with E-state index in [-0.39, 0.29) is 0 Å². The van der Waals surface area contributed by atoms with E-state index in [4.69, 9.17) is 4.74 Å². The van der Waals surface area contributed by atoms with E-state index in [0.29, 0.717) is 12.6 Å². The Kier molecular flexibility index (Phi) is 2.50. The molecule has 0 spiro atoms. The summed E-state index contributed by atoms with van der Waals surface area (Å²) in [6.07, 6.45) is 0. The average Bonchev–Trinajstić information content (AvgIpc) is 2.80. The van der Waals surface area contributed by atoms with Gasteiger partial charge in [-0.1, -0.05) is 42.5 Å². The second-order valence-electron chi connectivity index (χ2n) is 3.83. The minimum absolute atomic E-state index is 0.528. The van der Waals surface area contributed by atoms with Crippen molar-refractivity contribution in [2.45, 2.75) is 6.61 Å². The summed E-state index contributed by atoms with van der Waals surface area (Å²) in [6.45, 7) is 0.528. The Morgan fingerprint density at radius 3 is 2.53 bits per heavy atom. The third-order valence-corrected chi connectivity index (χ3v) is 2.59. The zero-order valence-corrected chi connectivity index (χ0v) is 9.26. The SMILES string of the molecule is c1ccc(COc2nc3ccccc3[nH]2)cc1. The Morgan fingerprint density at radius 2 is 1.71 bits per heavy atom. The van der Waals surface area contributed by atoms with Gasteiger partial charge in [0.05, 0.1) is 11.0 Å². The fourth-order valence-electron chi connectivity index (χ4n) is 1.72. The molecule has 0 unspecified atom stereocenters. The van der Waals surface area contributed by atoms with Crippen LogP contribution in [-0.4, -0.2) is 9.97 Å². The van der Waals surface area contributed by atoms with Gasteiger partial charge in [0, 0.05) is 0 Å². The van der Waals surface area contributed by atoms with Gasteiger partial charge in [-0.15, -0.1) is 0 Å². The second-order valence-corrected chi connectivity index (χ2v) is 3.83. The number of nitrogens with one attached hydrogen (secondary N) is 1. The summed E-state index contributed by atoms with van der Waals surface area (Å²) in [4.78, 5) is 7.48. The molecule has 1 N–H and O–H groups in total. The van der Waals surface area contributed by atoms with Gasteiger partial charge in [0.2, 0.25) is 0 Å². The van der Waals surface area contributed by atoms with E-state index in [9.17, 15) is 0 Å². The highest BCUT2D eigenvalue weighted by Crippen LogP contribution is 2.15. The summed E-state index contributed by atoms with van der Waals surface area (Å²) in [6, 6.07) is 18.5. The van der Waals surface area contributed by atoms with E-state index in [2.05, 4.69) is 9.97 Å². The van der Waals surface area contributed by atoms with E-state index in [0.717, 1.165) is 16.6 Å². The first-order valence-corrected chi connectivity index (χ1v) is 5.53. The Bertz CT molecular complexity index is 583. The van der Waals surface area contributed by atoms with Crippen LogP contribution in [0.15, 0.2) is 54.6 Å². The minimum Gasteiger partial charge on any atom is -0.460 e. The Morgan fingerprint density at radius 1 is 0.941 bits per heavy atom. The van der Waals surface area contributed by atoms with Crippen molar-refractivity contribution < 1.29 is 4.74 Å². The molecule has 0 radical (unpaired) electrons. The molecule has 0 aliphatic rings. The molecule has 3 rings (SSSR count). The average molecular weight is 224 g/mol. The Hall–Kier alpha value is -2.29. The molecule has 17 heavy (non-hydrogen) atoms. The molecule has 0 saturated carbocycles. The number of fused-ring (bicyclic) bond motifs is 1. The zero-order chi connectivity index (χ0) is 11.5. The lowest BCUT2D eigenvalue weighted by Gasteiger charge is -2.01. The van der Waals surface area contributed by atoms with Crippen molar-refractivity contribution in [3.63, 3.8) is 0 Å². The molecule has 1 heterocycles. The highest BCUT2D eigenvalue weighted by Gasteiger charge is 2.02. The maximum Gasteiger partial charge on any atom is 0.294 e. The van der Waals surface area contributed by atoms with Crippen LogP contribution in [0.25, 0.3) is 11.0 Å². The third kappa shape index (κ3) is 2.13. The van der Waals surface area contributed by atoms with Gasteiger partial charge in [0.25, 0.3) is 6.01 Å². The molecule has 3 heteroatoms. The number of aromatic amines is 1. The number of nitrogens with zero attached hydrogens (tertiary/aromatic N) is 1. The largest absolute Gasteiger partial charge is 0.460 e. The van der Waals surface area contributed by atoms with Crippen LogP contribution in [0.3, 0.4) is 0 Å². The Labute approximate surface area is 99.1 Å². The molecule has 0 amide bonds. The van der Waals surface area contributed by atoms with Crippen molar-refractivity contribution in [2.75, 3.05) is 0 Å². The highest BCUT2D eigenvalue weighted by molar-refractivity contribution is 5.75. The van der Waals surface area contributed by atoms with E-state index in [1.165, 1.54) is 0 Å². The molecule has 0 aliphatic heterocycles. The monoisotopic (exact) mass is 224 g/mol. The van der Waals surface area contributed by atoms with Crippen LogP contribution < -0.4 is 4.74 Å². The van der Waals surface area contributed by atoms with Crippen LogP contribution >= 0.6 is 0 Å². The second kappa shape index (κ2) is 4.29. The topological polar surface area (TPSA) is 37.9 Å². The number of rotatable bonds is 3. The molecule has 3 aromatic rings. The van der Waals surface area contributed by atoms with Gasteiger partial charge >= 0.3 is 0 Å². The first-order valence-electron chi connectivity index (χ1n) is 5.53. The van der Waals surface area contributed by atoms with Crippen molar-refractivity contribution in [2.24, 2.45) is 0 Å². The number of benzene rings is 2. The molecule has 2 aromatic carbocycles. The summed E-state index contributed by atoms with van der Waals surface area (Å²) in [5, 5.41) is 0. The number of hydrogen-bond acceptors (Lipinski definition) is 2. The smallest absolute Gasteiger partial charge is 0.294 e. The summed E-state index contributed by atoms with van der Waals surface area (Å²) < 4.78 is 5.61. The Balaban J connectivity index is 1.77. The molecule has 1 aromatic heterocycles. The number of aromatic nitrogens is 2. The predicted molar refractivity (Wildman–Crippen MR) is 66.9 cm³/mol. The van der Waals surface area contributed by atoms with Gasteiger partial charge in [-0.05, 0) is 17.7 Å². The normalized spacial score (nSPS) is 10.6. The molecule has 84 valence electrons. The van der Waals surface area contributed by atoms with Gasteiger partial charge in [-0.2, -0.15) is 4.98 Å². The van der Waals surface area contributed by atoms with Crippen LogP contribution in [0.2, 0.25) is 0 Å². The summed E-state index contributed by atoms with van der Waals surface area (Å²) >= 11 is 0. The van der Waals surface area contributed by atoms with Crippen molar-refractivity contribution >= 4 is 11.0 Å². The van der Waals surface area contributed by atoms with E-state index < -0.39 is 0 Å². The molecule has 0 saturated heterocycles. The van der Waals surface area contributed by atoms with Crippen LogP contribution in [0.4, 0.5) is 0 Å². The molecule has 0 bridgehead atoms. The summed E-state index contributed by atoms with van der Waals surface area (Å²) in [7, 11) is 0. The lowest BCUT2D eigenvalue weighted by molar-refractivity contribution is 0.285. The van der Waals surface area contributed by atoms with Crippen LogP contribution in [0.5, 0.6) is 6.01 Å². The fourth-order valence-corrected chi connectivity index (χ4v) is 1.72. The van der Waals surface area contributed by atoms with Crippen LogP contribution in [-0.2, 0) is 6.61 Å². The van der Waals surface area contributed by atoms with Crippen LogP contribution in [0.1, 0.15) is 5.56 Å². The first-order chi connectivity index (χ1) is 8.42. The number of H-pyrrole nitrogens is 1. The van der Waals surface area contributed by atoms with Crippen molar-refractivity contribution in [1.29, 1.82) is 0 Å². The third-order valence-electron chi connectivity index (χ3n) is 2.59. The zero-order valence-electron chi connectivity index (χ0n) is 9.26. The number of para-hydroxylation sites is 2. The molecule has 0 atom stereocenters. The van der Waals surface area contributed by atoms with Crippen molar-refractivity contribution in [3.05, 3.63) is 60.2 Å². The quantitative estimate of drug-likeness (QED) is 0.742. The van der Waals surface area contributed by atoms with Crippen LogP contribution in [0, 0.1) is 0 Å². The summed E-state index contributed by atoms with van der Waals surface area (Å²) in [5.74, 6) is 0. The molecule has 3 nitrogen and oxygen atoms in total. The maximum atomic E-state index is 5.61. The summed E-state index contributed by atoms with van der Waals surface area (Å²) in [5.41, 5.74) is 3.05. The molecule has 0 fully saturated rings. The molecule has 0 aliphatic carbocycles. The first kappa shape index (κ1) is 9.90. The highest BCUT2D eigenvalue weighted by atomic mass is 16.5. The fraction of sp³-hybridized carbons (Fsp3) is 0.0714. The van der Waals surface area contributed by atoms with Crippen molar-refractivity contribution in [1.82, 2.24) is 9.97 Å². The minimum atomic E-state index is 0.528. The van der Waals surface area contributed by atoms with Gasteiger partial charge < -0.3 is 9.72 Å². The van der Waals surface area contributed by atoms with Gasteiger partial charge in [0.1, 0.15) is 6.61 Å². The molecular weight excluding hydrogens is 212 g/mol. The standard InChI is InChI=1S/C14H12N2O/c1-2-6-11(7-3-1)10-17-14-15-12-8-4-5-9-13(12)16-14/h1-9H,10H2,(H,15,16). The van der Waals surface area contributed by atoms with Crippen molar-refractivity contribution in [3.8, 4) is 6.01 Å². The van der Waals surface area contributed by atoms with E-state index in [1.807, 2.05) is 54.6 Å². The van der Waals surface area contributed by atoms with E-state index in [1.54, 1.807) is 0 Å². The van der Waals surface area contributed by atoms with Gasteiger partial charge in [-0.25, -0.2) is 0 Å². The van der Waals surface area contributed by atoms with E-state index >= 15 is 0 Å². The lowest BCUT2D eigenvalue weighted by Crippen LogP contribution is -1.95. The number of hydrogen-bond donors (Lipinski definition) is 1. The maximum absolute atomic E-state index is 5.61. The predicted octanol–water partition coefficient (Wildman–Crippen LogP) is 3.14.